The summed E-state index contributed by atoms with van der Waals surface area (Å²) in [5.74, 6) is -0.372. The molecule has 1 aromatic heterocycles. The molecule has 4 rings (SSSR count). The van der Waals surface area contributed by atoms with Gasteiger partial charge in [-0.05, 0) is 43.5 Å². The number of hydrogen-bond donors (Lipinski definition) is 1. The zero-order valence-corrected chi connectivity index (χ0v) is 17.2. The molecule has 1 atom stereocenters. The van der Waals surface area contributed by atoms with Crippen molar-refractivity contribution < 1.29 is 13.2 Å². The molecule has 2 aromatic carbocycles. The first-order valence-corrected chi connectivity index (χ1v) is 11.2. The number of rotatable bonds is 4. The second-order valence-corrected chi connectivity index (χ2v) is 9.46. The Labute approximate surface area is 170 Å². The van der Waals surface area contributed by atoms with Gasteiger partial charge in [0.05, 0.1) is 17.0 Å². The van der Waals surface area contributed by atoms with Crippen LogP contribution >= 0.6 is 0 Å². The first-order valence-electron chi connectivity index (χ1n) is 9.62. The summed E-state index contributed by atoms with van der Waals surface area (Å²) in [5, 5.41) is 3.79. The predicted octanol–water partition coefficient (Wildman–Crippen LogP) is 3.26. The number of sulfonamides is 1. The van der Waals surface area contributed by atoms with Crippen molar-refractivity contribution in [3.63, 3.8) is 0 Å². The summed E-state index contributed by atoms with van der Waals surface area (Å²) in [6.07, 6.45) is 0.350. The third kappa shape index (κ3) is 3.75. The maximum atomic E-state index is 13.3. The molecule has 0 spiro atoms. The molecule has 0 radical (unpaired) electrons. The van der Waals surface area contributed by atoms with Crippen molar-refractivity contribution in [3.8, 4) is 0 Å². The number of fused-ring (bicyclic) bond motifs is 2. The normalized spacial score (nSPS) is 17.1. The Morgan fingerprint density at radius 2 is 1.83 bits per heavy atom. The molecule has 0 fully saturated rings. The second kappa shape index (κ2) is 7.57. The van der Waals surface area contributed by atoms with Crippen molar-refractivity contribution >= 4 is 32.5 Å². The maximum absolute atomic E-state index is 13.3. The summed E-state index contributed by atoms with van der Waals surface area (Å²) in [6, 6.07) is 16.3. The molecule has 1 N–H and O–H groups in total. The minimum absolute atomic E-state index is 0.0454. The Hall–Kier alpha value is -2.77. The second-order valence-electron chi connectivity index (χ2n) is 7.25. The van der Waals surface area contributed by atoms with Crippen molar-refractivity contribution in [2.45, 2.75) is 32.9 Å². The topological polar surface area (TPSA) is 79.4 Å². The number of hydrogen-bond acceptors (Lipinski definition) is 4. The molecule has 0 aliphatic carbocycles. The third-order valence-electron chi connectivity index (χ3n) is 5.33. The lowest BCUT2D eigenvalue weighted by molar-refractivity contribution is -0.120. The molecule has 3 aromatic rings. The fourth-order valence-electron chi connectivity index (χ4n) is 3.81. The fourth-order valence-corrected chi connectivity index (χ4v) is 5.03. The molecule has 1 aliphatic rings. The number of aryl methyl sites for hydroxylation is 1. The van der Waals surface area contributed by atoms with Crippen molar-refractivity contribution in [2.24, 2.45) is 0 Å². The summed E-state index contributed by atoms with van der Waals surface area (Å²) in [6.45, 7) is 3.68. The van der Waals surface area contributed by atoms with E-state index in [-0.39, 0.29) is 18.2 Å². The van der Waals surface area contributed by atoms with E-state index in [0.29, 0.717) is 12.1 Å². The average Bonchev–Trinajstić information content (AvgIpc) is 2.72. The van der Waals surface area contributed by atoms with Gasteiger partial charge in [0.2, 0.25) is 15.9 Å². The lowest BCUT2D eigenvalue weighted by atomic mass is 9.95. The van der Waals surface area contributed by atoms with E-state index in [1.165, 1.54) is 4.31 Å². The van der Waals surface area contributed by atoms with Crippen LogP contribution in [0.5, 0.6) is 0 Å². The van der Waals surface area contributed by atoms with Crippen LogP contribution < -0.4 is 5.32 Å². The van der Waals surface area contributed by atoms with Gasteiger partial charge in [-0.15, -0.1) is 0 Å². The molecular formula is C22H23N3O3S. The smallest absolute Gasteiger partial charge is 0.243 e. The highest BCUT2D eigenvalue weighted by Gasteiger charge is 2.38. The van der Waals surface area contributed by atoms with Gasteiger partial charge in [0.1, 0.15) is 6.04 Å². The van der Waals surface area contributed by atoms with Gasteiger partial charge in [-0.25, -0.2) is 8.42 Å². The summed E-state index contributed by atoms with van der Waals surface area (Å²) >= 11 is 0. The molecule has 2 heterocycles. The van der Waals surface area contributed by atoms with Crippen molar-refractivity contribution in [3.05, 3.63) is 71.4 Å². The van der Waals surface area contributed by atoms with Crippen LogP contribution in [0.4, 0.5) is 5.69 Å². The van der Waals surface area contributed by atoms with Gasteiger partial charge in [0.25, 0.3) is 0 Å². The minimum Gasteiger partial charge on any atom is -0.324 e. The monoisotopic (exact) mass is 409 g/mol. The Bertz CT molecular complexity index is 1190. The zero-order chi connectivity index (χ0) is 20.6. The van der Waals surface area contributed by atoms with Crippen LogP contribution in [0.15, 0.2) is 54.6 Å². The van der Waals surface area contributed by atoms with Crippen LogP contribution in [-0.4, -0.2) is 35.4 Å². The number of para-hydroxylation sites is 1. The van der Waals surface area contributed by atoms with Gasteiger partial charge in [0, 0.05) is 17.6 Å². The van der Waals surface area contributed by atoms with Crippen LogP contribution in [0.1, 0.15) is 23.7 Å². The summed E-state index contributed by atoms with van der Waals surface area (Å²) in [5.41, 5.74) is 4.16. The number of carbonyl (C=O) groups is 1. The predicted molar refractivity (Wildman–Crippen MR) is 114 cm³/mol. The van der Waals surface area contributed by atoms with E-state index in [1.54, 1.807) is 6.92 Å². The van der Waals surface area contributed by atoms with E-state index >= 15 is 0 Å². The number of carbonyl (C=O) groups excluding carboxylic acids is 1. The third-order valence-corrected chi connectivity index (χ3v) is 7.16. The largest absolute Gasteiger partial charge is 0.324 e. The molecule has 7 heteroatoms. The van der Waals surface area contributed by atoms with Crippen molar-refractivity contribution in [1.29, 1.82) is 0 Å². The number of nitrogens with zero attached hydrogens (tertiary/aromatic N) is 2. The van der Waals surface area contributed by atoms with E-state index in [2.05, 4.69) is 10.3 Å². The molecule has 29 heavy (non-hydrogen) atoms. The SMILES string of the molecule is CCS(=O)(=O)N1Cc2ccccc2CC1C(=O)Nc1cc(C)nc2ccccc12. The molecule has 1 amide bonds. The quantitative estimate of drug-likeness (QED) is 0.717. The molecule has 1 aliphatic heterocycles. The Morgan fingerprint density at radius 3 is 2.59 bits per heavy atom. The van der Waals surface area contributed by atoms with Gasteiger partial charge < -0.3 is 5.32 Å². The Morgan fingerprint density at radius 1 is 1.14 bits per heavy atom. The molecule has 0 saturated carbocycles. The van der Waals surface area contributed by atoms with E-state index in [4.69, 9.17) is 0 Å². The van der Waals surface area contributed by atoms with Crippen LogP contribution in [0.2, 0.25) is 0 Å². The van der Waals surface area contributed by atoms with Gasteiger partial charge in [0.15, 0.2) is 0 Å². The van der Waals surface area contributed by atoms with E-state index in [9.17, 15) is 13.2 Å². The number of pyridine rings is 1. The standard InChI is InChI=1S/C22H23N3O3S/c1-3-29(27,28)25-14-17-9-5-4-8-16(17)13-21(25)22(26)24-20-12-15(2)23-19-11-7-6-10-18(19)20/h4-12,21H,3,13-14H2,1-2H3,(H,23,24,26). The number of anilines is 1. The fraction of sp³-hybridized carbons (Fsp3) is 0.273. The number of aromatic nitrogens is 1. The van der Waals surface area contributed by atoms with Gasteiger partial charge >= 0.3 is 0 Å². The van der Waals surface area contributed by atoms with E-state index < -0.39 is 16.1 Å². The van der Waals surface area contributed by atoms with Crippen molar-refractivity contribution in [1.82, 2.24) is 9.29 Å². The summed E-state index contributed by atoms with van der Waals surface area (Å²) in [4.78, 5) is 17.8. The molecule has 6 nitrogen and oxygen atoms in total. The molecule has 0 saturated heterocycles. The van der Waals surface area contributed by atoms with E-state index in [0.717, 1.165) is 27.7 Å². The lowest BCUT2D eigenvalue weighted by Crippen LogP contribution is -2.51. The van der Waals surface area contributed by atoms with Gasteiger partial charge in [-0.1, -0.05) is 42.5 Å². The van der Waals surface area contributed by atoms with E-state index in [1.807, 2.05) is 61.5 Å². The van der Waals surface area contributed by atoms with Crippen LogP contribution in [0.3, 0.4) is 0 Å². The first kappa shape index (κ1) is 19.5. The number of benzene rings is 2. The van der Waals surface area contributed by atoms with Crippen LogP contribution in [-0.2, 0) is 27.8 Å². The highest BCUT2D eigenvalue weighted by molar-refractivity contribution is 7.89. The first-order chi connectivity index (χ1) is 13.9. The van der Waals surface area contributed by atoms with Crippen molar-refractivity contribution in [2.75, 3.05) is 11.1 Å². The summed E-state index contributed by atoms with van der Waals surface area (Å²) < 4.78 is 26.8. The summed E-state index contributed by atoms with van der Waals surface area (Å²) in [7, 11) is -3.54. The highest BCUT2D eigenvalue weighted by atomic mass is 32.2. The highest BCUT2D eigenvalue weighted by Crippen LogP contribution is 2.28. The number of nitrogens with one attached hydrogen (secondary N) is 1. The van der Waals surface area contributed by atoms with Gasteiger partial charge in [-0.2, -0.15) is 4.31 Å². The molecule has 1 unspecified atom stereocenters. The maximum Gasteiger partial charge on any atom is 0.243 e. The Kier molecular flexibility index (Phi) is 5.10. The zero-order valence-electron chi connectivity index (χ0n) is 16.4. The Balaban J connectivity index is 1.72. The lowest BCUT2D eigenvalue weighted by Gasteiger charge is -2.34. The van der Waals surface area contributed by atoms with Crippen LogP contribution in [0.25, 0.3) is 10.9 Å². The molecular weight excluding hydrogens is 386 g/mol. The molecule has 150 valence electrons. The van der Waals surface area contributed by atoms with Crippen LogP contribution in [0, 0.1) is 6.92 Å². The van der Waals surface area contributed by atoms with Gasteiger partial charge in [-0.3, -0.25) is 9.78 Å². The minimum atomic E-state index is -3.54. The number of amides is 1. The average molecular weight is 410 g/mol. The molecule has 0 bridgehead atoms.